The van der Waals surface area contributed by atoms with Gasteiger partial charge >= 0.3 is 5.97 Å². The van der Waals surface area contributed by atoms with E-state index in [1.807, 2.05) is 0 Å². The molecular formula is C23H19ClN4O6S2. The van der Waals surface area contributed by atoms with Crippen molar-refractivity contribution in [2.45, 2.75) is 18.2 Å². The topological polar surface area (TPSA) is 148 Å². The summed E-state index contributed by atoms with van der Waals surface area (Å²) in [5, 5.41) is 19.0. The molecule has 3 rings (SSSR count). The van der Waals surface area contributed by atoms with Crippen LogP contribution in [0.25, 0.3) is 6.08 Å². The molecule has 0 aliphatic rings. The molecule has 2 aromatic carbocycles. The Morgan fingerprint density at radius 3 is 2.56 bits per heavy atom. The molecule has 0 saturated carbocycles. The molecule has 1 amide bonds. The quantitative estimate of drug-likeness (QED) is 0.137. The zero-order valence-electron chi connectivity index (χ0n) is 19.0. The van der Waals surface area contributed by atoms with Crippen LogP contribution in [0.15, 0.2) is 52.4 Å². The number of halogens is 1. The molecule has 1 aromatic heterocycles. The van der Waals surface area contributed by atoms with Crippen LogP contribution in [0.1, 0.15) is 29.8 Å². The van der Waals surface area contributed by atoms with Gasteiger partial charge in [0.1, 0.15) is 11.6 Å². The normalized spacial score (nSPS) is 11.4. The zero-order valence-corrected chi connectivity index (χ0v) is 21.4. The van der Waals surface area contributed by atoms with Crippen molar-refractivity contribution in [1.82, 2.24) is 10.2 Å². The van der Waals surface area contributed by atoms with E-state index in [2.05, 4.69) is 15.5 Å². The van der Waals surface area contributed by atoms with Gasteiger partial charge in [-0.3, -0.25) is 10.1 Å². The monoisotopic (exact) mass is 546 g/mol. The molecule has 0 aliphatic heterocycles. The van der Waals surface area contributed by atoms with Crippen molar-refractivity contribution in [3.63, 3.8) is 0 Å². The maximum atomic E-state index is 12.6. The highest BCUT2D eigenvalue weighted by Gasteiger charge is 2.21. The number of esters is 1. The number of ether oxygens (including phenoxy) is 2. The minimum Gasteiger partial charge on any atom is -0.490 e. The first-order valence-corrected chi connectivity index (χ1v) is 13.3. The van der Waals surface area contributed by atoms with Crippen LogP contribution in [-0.4, -0.2) is 42.9 Å². The number of hydrogen-bond acceptors (Lipinski definition) is 10. The number of nitriles is 1. The van der Waals surface area contributed by atoms with Crippen molar-refractivity contribution in [3.8, 4) is 17.6 Å². The number of aromatic nitrogens is 2. The van der Waals surface area contributed by atoms with Gasteiger partial charge in [-0.2, -0.15) is 5.26 Å². The summed E-state index contributed by atoms with van der Waals surface area (Å²) < 4.78 is 34.6. The Morgan fingerprint density at radius 2 is 1.92 bits per heavy atom. The van der Waals surface area contributed by atoms with E-state index in [4.69, 9.17) is 21.1 Å². The number of nitrogens with zero attached hydrogens (tertiary/aromatic N) is 3. The van der Waals surface area contributed by atoms with E-state index in [0.29, 0.717) is 22.5 Å². The molecule has 0 spiro atoms. The molecule has 0 fully saturated rings. The average molecular weight is 547 g/mol. The molecule has 10 nitrogen and oxygen atoms in total. The molecule has 3 aromatic rings. The van der Waals surface area contributed by atoms with Crippen molar-refractivity contribution in [3.05, 3.63) is 64.2 Å². The molecule has 0 saturated heterocycles. The van der Waals surface area contributed by atoms with Gasteiger partial charge in [-0.25, -0.2) is 13.2 Å². The predicted molar refractivity (Wildman–Crippen MR) is 134 cm³/mol. The van der Waals surface area contributed by atoms with Gasteiger partial charge < -0.3 is 9.47 Å². The first-order valence-electron chi connectivity index (χ1n) is 10.4. The summed E-state index contributed by atoms with van der Waals surface area (Å²) in [6.07, 6.45) is 1.25. The predicted octanol–water partition coefficient (Wildman–Crippen LogP) is 4.15. The van der Waals surface area contributed by atoms with Crippen LogP contribution in [0, 0.1) is 11.3 Å². The van der Waals surface area contributed by atoms with E-state index in [9.17, 15) is 23.3 Å². The molecular weight excluding hydrogens is 528 g/mol. The van der Waals surface area contributed by atoms with Gasteiger partial charge in [0.2, 0.25) is 19.3 Å². The number of carbonyl (C=O) groups excluding carboxylic acids is 2. The molecule has 186 valence electrons. The standard InChI is InChI=1S/C23H19ClN4O6S2/c1-3-33-18-12-14(11-17(24)19(18)34-21(30)15-8-6-5-7-9-15)10-16(13-25)20(29)26-22-27-28-23(35-22)36(31,32)4-2/h5-12H,3-4H2,1-2H3,(H,26,27,29)/b16-10-. The molecule has 1 N–H and O–H groups in total. The third-order valence-corrected chi connectivity index (χ3v) is 7.78. The summed E-state index contributed by atoms with van der Waals surface area (Å²) >= 11 is 7.03. The van der Waals surface area contributed by atoms with Crippen LogP contribution in [-0.2, 0) is 14.6 Å². The summed E-state index contributed by atoms with van der Waals surface area (Å²) in [4.78, 5) is 25.1. The van der Waals surface area contributed by atoms with Crippen LogP contribution >= 0.6 is 22.9 Å². The lowest BCUT2D eigenvalue weighted by Gasteiger charge is -2.13. The van der Waals surface area contributed by atoms with Crippen molar-refractivity contribution in [2.75, 3.05) is 17.7 Å². The summed E-state index contributed by atoms with van der Waals surface area (Å²) in [6.45, 7) is 3.41. The third kappa shape index (κ3) is 6.45. The molecule has 13 heteroatoms. The minimum atomic E-state index is -3.58. The van der Waals surface area contributed by atoms with Crippen LogP contribution < -0.4 is 14.8 Å². The van der Waals surface area contributed by atoms with Crippen LogP contribution in [0.5, 0.6) is 11.5 Å². The number of carbonyl (C=O) groups is 2. The van der Waals surface area contributed by atoms with Crippen LogP contribution in [0.3, 0.4) is 0 Å². The molecule has 0 atom stereocenters. The fourth-order valence-corrected chi connectivity index (χ4v) is 4.99. The highest BCUT2D eigenvalue weighted by atomic mass is 35.5. The van der Waals surface area contributed by atoms with E-state index >= 15 is 0 Å². The fourth-order valence-electron chi connectivity index (χ4n) is 2.75. The maximum absolute atomic E-state index is 12.6. The Hall–Kier alpha value is -3.79. The van der Waals surface area contributed by atoms with Crippen molar-refractivity contribution in [2.24, 2.45) is 0 Å². The summed E-state index contributed by atoms with van der Waals surface area (Å²) in [5.74, 6) is -1.51. The number of rotatable bonds is 9. The summed E-state index contributed by atoms with van der Waals surface area (Å²) in [5.41, 5.74) is 0.314. The van der Waals surface area contributed by atoms with Gasteiger partial charge in [0.05, 0.1) is 22.9 Å². The second-order valence-electron chi connectivity index (χ2n) is 6.92. The van der Waals surface area contributed by atoms with Crippen LogP contribution in [0.2, 0.25) is 5.02 Å². The molecule has 0 bridgehead atoms. The maximum Gasteiger partial charge on any atom is 0.343 e. The van der Waals surface area contributed by atoms with Gasteiger partial charge in [0.15, 0.2) is 11.5 Å². The Balaban J connectivity index is 1.87. The smallest absolute Gasteiger partial charge is 0.343 e. The molecule has 36 heavy (non-hydrogen) atoms. The first kappa shape index (κ1) is 26.8. The number of nitrogens with one attached hydrogen (secondary N) is 1. The Bertz CT molecular complexity index is 1460. The van der Waals surface area contributed by atoms with Crippen LogP contribution in [0.4, 0.5) is 5.13 Å². The second-order valence-corrected chi connectivity index (χ2v) is 10.8. The van der Waals surface area contributed by atoms with Crippen molar-refractivity contribution in [1.29, 1.82) is 5.26 Å². The van der Waals surface area contributed by atoms with Crippen molar-refractivity contribution >= 4 is 55.9 Å². The number of sulfone groups is 1. The number of amides is 1. The number of benzene rings is 2. The largest absolute Gasteiger partial charge is 0.490 e. The first-order chi connectivity index (χ1) is 17.2. The SMILES string of the molecule is CCOc1cc(/C=C(/C#N)C(=O)Nc2nnc(S(=O)(=O)CC)s2)cc(Cl)c1OC(=O)c1ccccc1. The number of anilines is 1. The third-order valence-electron chi connectivity index (χ3n) is 4.49. The van der Waals surface area contributed by atoms with Gasteiger partial charge in [0, 0.05) is 0 Å². The Kier molecular flexibility index (Phi) is 8.76. The summed E-state index contributed by atoms with van der Waals surface area (Å²) in [6, 6.07) is 13.0. The van der Waals surface area contributed by atoms with Gasteiger partial charge in [0.25, 0.3) is 5.91 Å². The molecule has 0 unspecified atom stereocenters. The molecule has 0 aliphatic carbocycles. The van der Waals surface area contributed by atoms with E-state index in [0.717, 1.165) is 0 Å². The molecule has 1 heterocycles. The lowest BCUT2D eigenvalue weighted by Crippen LogP contribution is -2.13. The fraction of sp³-hybridized carbons (Fsp3) is 0.174. The lowest BCUT2D eigenvalue weighted by molar-refractivity contribution is -0.112. The van der Waals surface area contributed by atoms with Gasteiger partial charge in [-0.05, 0) is 42.8 Å². The summed E-state index contributed by atoms with van der Waals surface area (Å²) in [7, 11) is -3.58. The van der Waals surface area contributed by atoms with E-state index in [1.165, 1.54) is 25.1 Å². The minimum absolute atomic E-state index is 0.00833. The molecule has 0 radical (unpaired) electrons. The van der Waals surface area contributed by atoms with E-state index in [-0.39, 0.29) is 43.9 Å². The van der Waals surface area contributed by atoms with E-state index in [1.54, 1.807) is 43.3 Å². The van der Waals surface area contributed by atoms with E-state index < -0.39 is 21.7 Å². The second kappa shape index (κ2) is 11.8. The Labute approximate surface area is 216 Å². The zero-order chi connectivity index (χ0) is 26.3. The lowest BCUT2D eigenvalue weighted by atomic mass is 10.1. The van der Waals surface area contributed by atoms with Gasteiger partial charge in [-0.15, -0.1) is 10.2 Å². The number of hydrogen-bond donors (Lipinski definition) is 1. The average Bonchev–Trinajstić information content (AvgIpc) is 3.34. The van der Waals surface area contributed by atoms with Gasteiger partial charge in [-0.1, -0.05) is 48.1 Å². The van der Waals surface area contributed by atoms with Crippen molar-refractivity contribution < 1.29 is 27.5 Å². The Morgan fingerprint density at radius 1 is 1.19 bits per heavy atom. The highest BCUT2D eigenvalue weighted by Crippen LogP contribution is 2.38. The highest BCUT2D eigenvalue weighted by molar-refractivity contribution is 7.93.